The number of hydrogen-bond acceptors (Lipinski definition) is 3. The van der Waals surface area contributed by atoms with Crippen LogP contribution in [0.2, 0.25) is 5.02 Å². The Morgan fingerprint density at radius 3 is 2.82 bits per heavy atom. The monoisotopic (exact) mass is 267 g/mol. The van der Waals surface area contributed by atoms with Crippen molar-refractivity contribution in [2.75, 3.05) is 6.54 Å². The van der Waals surface area contributed by atoms with E-state index in [-0.39, 0.29) is 5.25 Å². The van der Waals surface area contributed by atoms with Gasteiger partial charge < -0.3 is 5.73 Å². The normalized spacial score (nSPS) is 12.6. The fourth-order valence-corrected chi connectivity index (χ4v) is 2.82. The molecule has 0 fully saturated rings. The molecule has 1 aromatic heterocycles. The number of rotatable bonds is 4. The molecule has 90 valence electrons. The average Bonchev–Trinajstić information content (AvgIpc) is 2.75. The van der Waals surface area contributed by atoms with Crippen molar-refractivity contribution in [2.45, 2.75) is 10.1 Å². The maximum absolute atomic E-state index is 6.14. The van der Waals surface area contributed by atoms with Gasteiger partial charge >= 0.3 is 0 Å². The Hall–Kier alpha value is -0.970. The molecule has 0 saturated carbocycles. The summed E-state index contributed by atoms with van der Waals surface area (Å²) in [6.45, 7) is 0.557. The molecule has 5 heteroatoms. The number of nitrogens with zero attached hydrogens (tertiary/aromatic N) is 2. The minimum atomic E-state index is 0.184. The molecular weight excluding hydrogens is 254 g/mol. The second-order valence-corrected chi connectivity index (χ2v) is 5.37. The van der Waals surface area contributed by atoms with Crippen molar-refractivity contribution >= 4 is 23.4 Å². The van der Waals surface area contributed by atoms with Crippen molar-refractivity contribution in [2.24, 2.45) is 12.8 Å². The second-order valence-electron chi connectivity index (χ2n) is 3.72. The molecule has 0 aliphatic carbocycles. The molecule has 0 aliphatic rings. The first-order valence-electron chi connectivity index (χ1n) is 5.30. The molecule has 0 spiro atoms. The topological polar surface area (TPSA) is 43.8 Å². The van der Waals surface area contributed by atoms with E-state index in [2.05, 4.69) is 5.10 Å². The highest BCUT2D eigenvalue weighted by molar-refractivity contribution is 7.99. The lowest BCUT2D eigenvalue weighted by atomic mass is 10.2. The molecule has 1 atom stereocenters. The predicted octanol–water partition coefficient (Wildman–Crippen LogP) is 2.87. The van der Waals surface area contributed by atoms with E-state index in [1.54, 1.807) is 16.4 Å². The van der Waals surface area contributed by atoms with Crippen LogP contribution < -0.4 is 5.73 Å². The maximum atomic E-state index is 6.14. The number of hydrogen-bond donors (Lipinski definition) is 1. The van der Waals surface area contributed by atoms with E-state index in [1.165, 1.54) is 0 Å². The minimum absolute atomic E-state index is 0.184. The molecule has 0 saturated heterocycles. The molecule has 1 heterocycles. The Labute approximate surface area is 110 Å². The third-order valence-corrected chi connectivity index (χ3v) is 4.22. The second kappa shape index (κ2) is 5.58. The minimum Gasteiger partial charge on any atom is -0.329 e. The fourth-order valence-electron chi connectivity index (χ4n) is 1.55. The number of aryl methyl sites for hydroxylation is 1. The lowest BCUT2D eigenvalue weighted by Gasteiger charge is -2.13. The van der Waals surface area contributed by atoms with Gasteiger partial charge in [-0.1, -0.05) is 23.7 Å². The van der Waals surface area contributed by atoms with Crippen molar-refractivity contribution in [3.63, 3.8) is 0 Å². The van der Waals surface area contributed by atoms with Crippen LogP contribution in [0.3, 0.4) is 0 Å². The Morgan fingerprint density at radius 1 is 1.47 bits per heavy atom. The van der Waals surface area contributed by atoms with Gasteiger partial charge in [-0.05, 0) is 12.1 Å². The van der Waals surface area contributed by atoms with E-state index < -0.39 is 0 Å². The first-order valence-corrected chi connectivity index (χ1v) is 6.56. The van der Waals surface area contributed by atoms with Crippen molar-refractivity contribution in [3.05, 3.63) is 47.2 Å². The summed E-state index contributed by atoms with van der Waals surface area (Å²) in [5, 5.41) is 5.11. The lowest BCUT2D eigenvalue weighted by Crippen LogP contribution is -2.08. The molecule has 0 bridgehead atoms. The lowest BCUT2D eigenvalue weighted by molar-refractivity contribution is 0.766. The summed E-state index contributed by atoms with van der Waals surface area (Å²) in [5.74, 6) is 0. The standard InChI is InChI=1S/C12H14ClN3S/c1-16-8-9(7-15-16)12(6-14)17-11-5-3-2-4-10(11)13/h2-5,7-8,12H,6,14H2,1H3. The quantitative estimate of drug-likeness (QED) is 0.867. The molecule has 0 radical (unpaired) electrons. The molecule has 0 aliphatic heterocycles. The van der Waals surface area contributed by atoms with Gasteiger partial charge in [0.1, 0.15) is 0 Å². The predicted molar refractivity (Wildman–Crippen MR) is 72.3 cm³/mol. The van der Waals surface area contributed by atoms with Gasteiger partial charge in [-0.2, -0.15) is 5.10 Å². The summed E-state index contributed by atoms with van der Waals surface area (Å²) in [4.78, 5) is 1.05. The summed E-state index contributed by atoms with van der Waals surface area (Å²) in [5.41, 5.74) is 6.94. The van der Waals surface area contributed by atoms with E-state index in [1.807, 2.05) is 43.7 Å². The van der Waals surface area contributed by atoms with Gasteiger partial charge in [-0.15, -0.1) is 11.8 Å². The molecule has 2 N–H and O–H groups in total. The zero-order chi connectivity index (χ0) is 12.3. The van der Waals surface area contributed by atoms with Gasteiger partial charge in [0, 0.05) is 35.5 Å². The van der Waals surface area contributed by atoms with Crippen molar-refractivity contribution in [3.8, 4) is 0 Å². The fraction of sp³-hybridized carbons (Fsp3) is 0.250. The van der Waals surface area contributed by atoms with Crippen LogP contribution in [-0.4, -0.2) is 16.3 Å². The zero-order valence-electron chi connectivity index (χ0n) is 9.51. The summed E-state index contributed by atoms with van der Waals surface area (Å²) < 4.78 is 1.78. The summed E-state index contributed by atoms with van der Waals surface area (Å²) >= 11 is 7.81. The summed E-state index contributed by atoms with van der Waals surface area (Å²) in [6, 6.07) is 7.80. The van der Waals surface area contributed by atoms with Crippen LogP contribution >= 0.6 is 23.4 Å². The molecule has 1 aromatic carbocycles. The van der Waals surface area contributed by atoms with Crippen LogP contribution in [0.1, 0.15) is 10.8 Å². The van der Waals surface area contributed by atoms with Gasteiger partial charge in [0.05, 0.1) is 11.2 Å². The smallest absolute Gasteiger partial charge is 0.0542 e. The first-order chi connectivity index (χ1) is 8.20. The number of aromatic nitrogens is 2. The molecule has 2 aromatic rings. The van der Waals surface area contributed by atoms with Crippen LogP contribution in [0.15, 0.2) is 41.6 Å². The highest BCUT2D eigenvalue weighted by Gasteiger charge is 2.14. The van der Waals surface area contributed by atoms with E-state index in [0.29, 0.717) is 6.54 Å². The van der Waals surface area contributed by atoms with Crippen LogP contribution in [-0.2, 0) is 7.05 Å². The molecule has 2 rings (SSSR count). The van der Waals surface area contributed by atoms with E-state index >= 15 is 0 Å². The molecule has 3 nitrogen and oxygen atoms in total. The average molecular weight is 268 g/mol. The van der Waals surface area contributed by atoms with Gasteiger partial charge in [0.25, 0.3) is 0 Å². The van der Waals surface area contributed by atoms with Crippen molar-refractivity contribution in [1.29, 1.82) is 0 Å². The van der Waals surface area contributed by atoms with Crippen LogP contribution in [0.25, 0.3) is 0 Å². The van der Waals surface area contributed by atoms with Crippen LogP contribution in [0, 0.1) is 0 Å². The SMILES string of the molecule is Cn1cc(C(CN)Sc2ccccc2Cl)cn1. The molecular formula is C12H14ClN3S. The van der Waals surface area contributed by atoms with E-state index in [0.717, 1.165) is 15.5 Å². The number of benzene rings is 1. The number of halogens is 1. The van der Waals surface area contributed by atoms with Crippen LogP contribution in [0.4, 0.5) is 0 Å². The van der Waals surface area contributed by atoms with Crippen molar-refractivity contribution in [1.82, 2.24) is 9.78 Å². The van der Waals surface area contributed by atoms with Gasteiger partial charge in [-0.3, -0.25) is 4.68 Å². The highest BCUT2D eigenvalue weighted by atomic mass is 35.5. The van der Waals surface area contributed by atoms with E-state index in [9.17, 15) is 0 Å². The molecule has 17 heavy (non-hydrogen) atoms. The van der Waals surface area contributed by atoms with Crippen molar-refractivity contribution < 1.29 is 0 Å². The largest absolute Gasteiger partial charge is 0.329 e. The highest BCUT2D eigenvalue weighted by Crippen LogP contribution is 2.37. The van der Waals surface area contributed by atoms with Gasteiger partial charge in [0.2, 0.25) is 0 Å². The Kier molecular flexibility index (Phi) is 4.10. The molecule has 0 amide bonds. The Bertz CT molecular complexity index is 498. The van der Waals surface area contributed by atoms with Crippen LogP contribution in [0.5, 0.6) is 0 Å². The van der Waals surface area contributed by atoms with Gasteiger partial charge in [0.15, 0.2) is 0 Å². The molecule has 1 unspecified atom stereocenters. The maximum Gasteiger partial charge on any atom is 0.0542 e. The Balaban J connectivity index is 2.18. The Morgan fingerprint density at radius 2 is 2.24 bits per heavy atom. The summed E-state index contributed by atoms with van der Waals surface area (Å²) in [7, 11) is 1.90. The number of thioether (sulfide) groups is 1. The zero-order valence-corrected chi connectivity index (χ0v) is 11.1. The van der Waals surface area contributed by atoms with Gasteiger partial charge in [-0.25, -0.2) is 0 Å². The third kappa shape index (κ3) is 3.03. The third-order valence-electron chi connectivity index (χ3n) is 2.42. The summed E-state index contributed by atoms with van der Waals surface area (Å²) in [6.07, 6.45) is 3.84. The number of nitrogens with two attached hydrogens (primary N) is 1. The van der Waals surface area contributed by atoms with E-state index in [4.69, 9.17) is 17.3 Å². The first kappa shape index (κ1) is 12.5.